The summed E-state index contributed by atoms with van der Waals surface area (Å²) in [5, 5.41) is 0. The Balaban J connectivity index is 1.67. The number of pyridine rings is 1. The lowest BCUT2D eigenvalue weighted by molar-refractivity contribution is -0.141. The van der Waals surface area contributed by atoms with E-state index in [0.29, 0.717) is 13.1 Å². The van der Waals surface area contributed by atoms with Crippen LogP contribution in [0.2, 0.25) is 0 Å². The van der Waals surface area contributed by atoms with Crippen LogP contribution in [0, 0.1) is 13.8 Å². The van der Waals surface area contributed by atoms with E-state index >= 15 is 0 Å². The molecule has 0 aliphatic carbocycles. The van der Waals surface area contributed by atoms with Gasteiger partial charge in [0.15, 0.2) is 0 Å². The predicted octanol–water partition coefficient (Wildman–Crippen LogP) is 3.19. The molecule has 2 aromatic heterocycles. The van der Waals surface area contributed by atoms with Gasteiger partial charge in [0.2, 0.25) is 0 Å². The van der Waals surface area contributed by atoms with Gasteiger partial charge in [0, 0.05) is 24.1 Å². The van der Waals surface area contributed by atoms with E-state index in [1.165, 1.54) is 0 Å². The molecule has 1 aliphatic heterocycles. The zero-order valence-corrected chi connectivity index (χ0v) is 15.0. The van der Waals surface area contributed by atoms with E-state index in [-0.39, 0.29) is 23.6 Å². The van der Waals surface area contributed by atoms with Gasteiger partial charge < -0.3 is 9.64 Å². The summed E-state index contributed by atoms with van der Waals surface area (Å²) in [6.45, 7) is 4.51. The van der Waals surface area contributed by atoms with E-state index in [1.54, 1.807) is 4.90 Å². The zero-order chi connectivity index (χ0) is 19.6. The lowest BCUT2D eigenvalue weighted by atomic mass is 10.1. The highest BCUT2D eigenvalue weighted by Gasteiger charge is 2.33. The second-order valence-electron chi connectivity index (χ2n) is 6.50. The summed E-state index contributed by atoms with van der Waals surface area (Å²) >= 11 is 0. The molecule has 1 aliphatic rings. The minimum atomic E-state index is -4.53. The molecule has 1 fully saturated rings. The van der Waals surface area contributed by atoms with Gasteiger partial charge in [-0.2, -0.15) is 13.2 Å². The quantitative estimate of drug-likeness (QED) is 0.818. The van der Waals surface area contributed by atoms with Gasteiger partial charge in [-0.25, -0.2) is 9.97 Å². The Morgan fingerprint density at radius 1 is 1.22 bits per heavy atom. The van der Waals surface area contributed by atoms with Crippen LogP contribution in [0.25, 0.3) is 0 Å². The van der Waals surface area contributed by atoms with E-state index in [4.69, 9.17) is 4.74 Å². The van der Waals surface area contributed by atoms with E-state index in [0.717, 1.165) is 42.6 Å². The first-order valence-electron chi connectivity index (χ1n) is 8.54. The van der Waals surface area contributed by atoms with Crippen LogP contribution in [0.1, 0.15) is 40.3 Å². The number of aryl methyl sites for hydroxylation is 2. The molecule has 6 nitrogen and oxygen atoms in total. The predicted molar refractivity (Wildman–Crippen MR) is 90.3 cm³/mol. The van der Waals surface area contributed by atoms with Crippen LogP contribution >= 0.6 is 0 Å². The molecule has 0 N–H and O–H groups in total. The molecule has 1 atom stereocenters. The molecule has 0 saturated carbocycles. The maximum Gasteiger partial charge on any atom is 0.433 e. The number of hydrogen-bond donors (Lipinski definition) is 0. The molecule has 1 saturated heterocycles. The molecule has 2 aromatic rings. The Morgan fingerprint density at radius 2 is 1.93 bits per heavy atom. The highest BCUT2D eigenvalue weighted by molar-refractivity contribution is 5.94. The number of hydrogen-bond acceptors (Lipinski definition) is 5. The number of ether oxygens (including phenoxy) is 1. The maximum atomic E-state index is 12.6. The third kappa shape index (κ3) is 4.72. The van der Waals surface area contributed by atoms with Gasteiger partial charge >= 0.3 is 12.2 Å². The van der Waals surface area contributed by atoms with Crippen LogP contribution in [0.3, 0.4) is 0 Å². The molecule has 0 unspecified atom stereocenters. The summed E-state index contributed by atoms with van der Waals surface area (Å²) in [6.07, 6.45) is -2.38. The van der Waals surface area contributed by atoms with Gasteiger partial charge in [-0.15, -0.1) is 0 Å². The lowest BCUT2D eigenvalue weighted by Crippen LogP contribution is -2.44. The number of alkyl halides is 3. The smallest absolute Gasteiger partial charge is 0.433 e. The fourth-order valence-electron chi connectivity index (χ4n) is 2.98. The highest BCUT2D eigenvalue weighted by atomic mass is 19.4. The average molecular weight is 380 g/mol. The highest BCUT2D eigenvalue weighted by Crippen LogP contribution is 2.27. The van der Waals surface area contributed by atoms with Crippen LogP contribution < -0.4 is 4.74 Å². The number of piperidine rings is 1. The summed E-state index contributed by atoms with van der Waals surface area (Å²) < 4.78 is 43.6. The summed E-state index contributed by atoms with van der Waals surface area (Å²) in [6, 6.07) is 4.06. The Bertz CT molecular complexity index is 804. The van der Waals surface area contributed by atoms with Gasteiger partial charge in [-0.1, -0.05) is 0 Å². The number of amides is 1. The van der Waals surface area contributed by atoms with Crippen molar-refractivity contribution in [1.82, 2.24) is 19.9 Å². The van der Waals surface area contributed by atoms with Crippen molar-refractivity contribution in [3.63, 3.8) is 0 Å². The monoisotopic (exact) mass is 380 g/mol. The maximum absolute atomic E-state index is 12.6. The molecule has 0 bridgehead atoms. The van der Waals surface area contributed by atoms with Gasteiger partial charge in [-0.3, -0.25) is 9.78 Å². The number of aromatic nitrogens is 3. The van der Waals surface area contributed by atoms with Crippen LogP contribution in [0.15, 0.2) is 24.4 Å². The van der Waals surface area contributed by atoms with Gasteiger partial charge in [0.05, 0.1) is 12.1 Å². The Labute approximate surface area is 154 Å². The van der Waals surface area contributed by atoms with E-state index in [2.05, 4.69) is 15.0 Å². The SMILES string of the molecule is Cc1cc(C)nc(O[C@@H]2CCCN(C(=O)c3ccc(C(F)(F)F)nc3)C2)n1. The summed E-state index contributed by atoms with van der Waals surface area (Å²) in [7, 11) is 0. The fourth-order valence-corrected chi connectivity index (χ4v) is 2.98. The molecule has 3 rings (SSSR count). The molecular weight excluding hydrogens is 361 g/mol. The molecule has 27 heavy (non-hydrogen) atoms. The largest absolute Gasteiger partial charge is 0.458 e. The van der Waals surface area contributed by atoms with Crippen molar-refractivity contribution in [2.45, 2.75) is 39.0 Å². The van der Waals surface area contributed by atoms with Gasteiger partial charge in [0.25, 0.3) is 5.91 Å². The molecule has 144 valence electrons. The molecule has 0 aromatic carbocycles. The molecule has 3 heterocycles. The van der Waals surface area contributed by atoms with Gasteiger partial charge in [0.1, 0.15) is 11.8 Å². The van der Waals surface area contributed by atoms with Crippen LogP contribution in [0.4, 0.5) is 13.2 Å². The van der Waals surface area contributed by atoms with Crippen molar-refractivity contribution < 1.29 is 22.7 Å². The number of likely N-dealkylation sites (tertiary alicyclic amines) is 1. The fraction of sp³-hybridized carbons (Fsp3) is 0.444. The van der Waals surface area contributed by atoms with E-state index in [9.17, 15) is 18.0 Å². The Morgan fingerprint density at radius 3 is 2.52 bits per heavy atom. The summed E-state index contributed by atoms with van der Waals surface area (Å²) in [4.78, 5) is 26.0. The first-order chi connectivity index (χ1) is 12.7. The minimum absolute atomic E-state index is 0.117. The molecule has 1 amide bonds. The number of halogens is 3. The minimum Gasteiger partial charge on any atom is -0.458 e. The van der Waals surface area contributed by atoms with Crippen LogP contribution in [-0.2, 0) is 6.18 Å². The topological polar surface area (TPSA) is 68.2 Å². The second-order valence-corrected chi connectivity index (χ2v) is 6.50. The number of rotatable bonds is 3. The Kier molecular flexibility index (Phi) is 5.29. The number of carbonyl (C=O) groups is 1. The van der Waals surface area contributed by atoms with Crippen LogP contribution in [0.5, 0.6) is 6.01 Å². The zero-order valence-electron chi connectivity index (χ0n) is 15.0. The van der Waals surface area contributed by atoms with Crippen LogP contribution in [-0.4, -0.2) is 45.0 Å². The van der Waals surface area contributed by atoms with Crippen molar-refractivity contribution in [3.8, 4) is 6.01 Å². The normalized spacial score (nSPS) is 17.7. The second kappa shape index (κ2) is 7.50. The van der Waals surface area contributed by atoms with Gasteiger partial charge in [-0.05, 0) is 44.9 Å². The van der Waals surface area contributed by atoms with Crippen molar-refractivity contribution in [3.05, 3.63) is 47.0 Å². The molecule has 0 spiro atoms. The number of carbonyl (C=O) groups excluding carboxylic acids is 1. The molecular formula is C18H19F3N4O2. The third-order valence-corrected chi connectivity index (χ3v) is 4.20. The van der Waals surface area contributed by atoms with E-state index in [1.807, 2.05) is 19.9 Å². The summed E-state index contributed by atoms with van der Waals surface area (Å²) in [5.74, 6) is -0.370. The first-order valence-corrected chi connectivity index (χ1v) is 8.54. The molecule has 0 radical (unpaired) electrons. The first kappa shape index (κ1) is 19.1. The Hall–Kier alpha value is -2.71. The van der Waals surface area contributed by atoms with Crippen molar-refractivity contribution in [2.75, 3.05) is 13.1 Å². The third-order valence-electron chi connectivity index (χ3n) is 4.20. The molecule has 9 heteroatoms. The van der Waals surface area contributed by atoms with Crippen molar-refractivity contribution in [1.29, 1.82) is 0 Å². The lowest BCUT2D eigenvalue weighted by Gasteiger charge is -2.32. The summed E-state index contributed by atoms with van der Waals surface area (Å²) in [5.41, 5.74) is 0.673. The van der Waals surface area contributed by atoms with E-state index < -0.39 is 11.9 Å². The average Bonchev–Trinajstić information content (AvgIpc) is 2.60. The van der Waals surface area contributed by atoms with Crippen molar-refractivity contribution in [2.24, 2.45) is 0 Å². The number of nitrogens with zero attached hydrogens (tertiary/aromatic N) is 4. The van der Waals surface area contributed by atoms with Crippen molar-refractivity contribution >= 4 is 5.91 Å². The standard InChI is InChI=1S/C18H19F3N4O2/c1-11-8-12(2)24-17(23-11)27-14-4-3-7-25(10-14)16(26)13-5-6-15(22-9-13)18(19,20)21/h5-6,8-9,14H,3-4,7,10H2,1-2H3/t14-/m1/s1.